The van der Waals surface area contributed by atoms with Gasteiger partial charge in [-0.2, -0.15) is 0 Å². The number of nitrogens with zero attached hydrogens (tertiary/aromatic N) is 1. The van der Waals surface area contributed by atoms with Crippen LogP contribution in [-0.2, 0) is 0 Å². The summed E-state index contributed by atoms with van der Waals surface area (Å²) in [5, 5.41) is 4.16. The van der Waals surface area contributed by atoms with E-state index in [1.807, 2.05) is 5.38 Å². The van der Waals surface area contributed by atoms with Crippen molar-refractivity contribution < 1.29 is 4.74 Å². The summed E-state index contributed by atoms with van der Waals surface area (Å²) in [5.41, 5.74) is 1.41. The minimum atomic E-state index is 0.517. The summed E-state index contributed by atoms with van der Waals surface area (Å²) >= 11 is 19.6. The molecule has 0 spiro atoms. The lowest BCUT2D eigenvalue weighted by molar-refractivity contribution is 0.479. The molecule has 1 heterocycles. The maximum absolute atomic E-state index is 6.18. The summed E-state index contributed by atoms with van der Waals surface area (Å²) in [6.07, 6.45) is 0. The molecule has 6 heteroatoms. The summed E-state index contributed by atoms with van der Waals surface area (Å²) in [5.74, 6) is 0.672. The number of hydrogen-bond acceptors (Lipinski definition) is 3. The highest BCUT2D eigenvalue weighted by molar-refractivity contribution is 7.11. The first-order chi connectivity index (χ1) is 10.1. The van der Waals surface area contributed by atoms with Crippen molar-refractivity contribution in [3.05, 3.63) is 62.9 Å². The molecular weight excluding hydrogens is 349 g/mol. The standard InChI is InChI=1S/C15H8Cl3NOS/c16-9-4-6-10(7-5-9)20-15-19-13(8-21-15)14-11(17)2-1-3-12(14)18/h1-8H. The van der Waals surface area contributed by atoms with Crippen molar-refractivity contribution >= 4 is 46.1 Å². The lowest BCUT2D eigenvalue weighted by Gasteiger charge is -2.03. The smallest absolute Gasteiger partial charge is 0.279 e. The fraction of sp³-hybridized carbons (Fsp3) is 0. The molecule has 0 N–H and O–H groups in total. The van der Waals surface area contributed by atoms with E-state index in [4.69, 9.17) is 39.5 Å². The second-order valence-electron chi connectivity index (χ2n) is 4.15. The quantitative estimate of drug-likeness (QED) is 0.530. The lowest BCUT2D eigenvalue weighted by atomic mass is 10.2. The molecule has 3 rings (SSSR count). The van der Waals surface area contributed by atoms with Crippen LogP contribution in [0.5, 0.6) is 10.9 Å². The summed E-state index contributed by atoms with van der Waals surface area (Å²) in [6, 6.07) is 12.4. The largest absolute Gasteiger partial charge is 0.431 e. The molecule has 2 aromatic carbocycles. The molecule has 106 valence electrons. The third-order valence-electron chi connectivity index (χ3n) is 2.72. The van der Waals surface area contributed by atoms with Gasteiger partial charge in [0, 0.05) is 16.0 Å². The van der Waals surface area contributed by atoms with Gasteiger partial charge in [0.25, 0.3) is 5.19 Å². The summed E-state index contributed by atoms with van der Waals surface area (Å²) in [7, 11) is 0. The number of aromatic nitrogens is 1. The highest BCUT2D eigenvalue weighted by atomic mass is 35.5. The van der Waals surface area contributed by atoms with E-state index in [2.05, 4.69) is 4.98 Å². The maximum Gasteiger partial charge on any atom is 0.279 e. The highest BCUT2D eigenvalue weighted by Gasteiger charge is 2.13. The van der Waals surface area contributed by atoms with Crippen LogP contribution in [0.1, 0.15) is 0 Å². The fourth-order valence-electron chi connectivity index (χ4n) is 1.76. The molecule has 0 saturated carbocycles. The van der Waals surface area contributed by atoms with E-state index in [9.17, 15) is 0 Å². The van der Waals surface area contributed by atoms with Crippen LogP contribution < -0.4 is 4.74 Å². The lowest BCUT2D eigenvalue weighted by Crippen LogP contribution is -1.85. The second-order valence-corrected chi connectivity index (χ2v) is 6.22. The number of rotatable bonds is 3. The van der Waals surface area contributed by atoms with E-state index in [0.717, 1.165) is 0 Å². The zero-order valence-electron chi connectivity index (χ0n) is 10.5. The third kappa shape index (κ3) is 3.33. The van der Waals surface area contributed by atoms with Gasteiger partial charge in [-0.15, -0.1) is 0 Å². The minimum absolute atomic E-state index is 0.517. The highest BCUT2D eigenvalue weighted by Crippen LogP contribution is 2.37. The Hall–Kier alpha value is -1.26. The molecule has 0 aliphatic carbocycles. The Balaban J connectivity index is 1.88. The van der Waals surface area contributed by atoms with Crippen molar-refractivity contribution in [3.8, 4) is 22.2 Å². The average molecular weight is 357 g/mol. The van der Waals surface area contributed by atoms with Gasteiger partial charge in [0.05, 0.1) is 15.7 Å². The fourth-order valence-corrected chi connectivity index (χ4v) is 3.16. The van der Waals surface area contributed by atoms with Crippen LogP contribution >= 0.6 is 46.1 Å². The Morgan fingerprint density at radius 2 is 1.57 bits per heavy atom. The van der Waals surface area contributed by atoms with E-state index in [-0.39, 0.29) is 0 Å². The van der Waals surface area contributed by atoms with E-state index in [1.165, 1.54) is 11.3 Å². The van der Waals surface area contributed by atoms with Gasteiger partial charge in [-0.1, -0.05) is 52.2 Å². The zero-order valence-corrected chi connectivity index (χ0v) is 13.6. The van der Waals surface area contributed by atoms with Crippen molar-refractivity contribution in [2.45, 2.75) is 0 Å². The Kier molecular flexibility index (Phi) is 4.36. The number of thiazole rings is 1. The van der Waals surface area contributed by atoms with Crippen molar-refractivity contribution in [1.82, 2.24) is 4.98 Å². The summed E-state index contributed by atoms with van der Waals surface area (Å²) in [6.45, 7) is 0. The molecule has 1 aromatic heterocycles. The molecular formula is C15H8Cl3NOS. The Labute approximate surface area is 140 Å². The number of ether oxygens (including phenoxy) is 1. The van der Waals surface area contributed by atoms with Crippen LogP contribution in [0.25, 0.3) is 11.3 Å². The van der Waals surface area contributed by atoms with Gasteiger partial charge in [-0.3, -0.25) is 0 Å². The number of halogens is 3. The van der Waals surface area contributed by atoms with E-state index in [1.54, 1.807) is 42.5 Å². The minimum Gasteiger partial charge on any atom is -0.431 e. The van der Waals surface area contributed by atoms with Gasteiger partial charge in [0.15, 0.2) is 0 Å². The van der Waals surface area contributed by atoms with E-state index in [0.29, 0.717) is 37.3 Å². The first-order valence-corrected chi connectivity index (χ1v) is 7.98. The van der Waals surface area contributed by atoms with Gasteiger partial charge in [0.1, 0.15) is 5.75 Å². The van der Waals surface area contributed by atoms with Crippen LogP contribution in [0.2, 0.25) is 15.1 Å². The first kappa shape index (κ1) is 14.7. The van der Waals surface area contributed by atoms with Crippen molar-refractivity contribution in [1.29, 1.82) is 0 Å². The van der Waals surface area contributed by atoms with Gasteiger partial charge in [-0.25, -0.2) is 4.98 Å². The Morgan fingerprint density at radius 1 is 0.905 bits per heavy atom. The SMILES string of the molecule is Clc1ccc(Oc2nc(-c3c(Cl)cccc3Cl)cs2)cc1. The maximum atomic E-state index is 6.18. The molecule has 2 nitrogen and oxygen atoms in total. The Morgan fingerprint density at radius 3 is 2.24 bits per heavy atom. The van der Waals surface area contributed by atoms with Crippen LogP contribution in [0.15, 0.2) is 47.8 Å². The summed E-state index contributed by atoms with van der Waals surface area (Å²) in [4.78, 5) is 4.41. The topological polar surface area (TPSA) is 22.1 Å². The molecule has 0 aliphatic rings. The second kappa shape index (κ2) is 6.24. The van der Waals surface area contributed by atoms with Gasteiger partial charge < -0.3 is 4.74 Å². The van der Waals surface area contributed by atoms with E-state index < -0.39 is 0 Å². The number of benzene rings is 2. The Bertz CT molecular complexity index is 751. The molecule has 0 atom stereocenters. The van der Waals surface area contributed by atoms with Crippen LogP contribution in [-0.4, -0.2) is 4.98 Å². The number of hydrogen-bond donors (Lipinski definition) is 0. The summed E-state index contributed by atoms with van der Waals surface area (Å²) < 4.78 is 5.68. The third-order valence-corrected chi connectivity index (χ3v) is 4.32. The molecule has 0 aliphatic heterocycles. The van der Waals surface area contributed by atoms with Crippen LogP contribution in [0.3, 0.4) is 0 Å². The predicted molar refractivity (Wildman–Crippen MR) is 89.1 cm³/mol. The van der Waals surface area contributed by atoms with Crippen molar-refractivity contribution in [3.63, 3.8) is 0 Å². The first-order valence-electron chi connectivity index (χ1n) is 5.97. The van der Waals surface area contributed by atoms with Gasteiger partial charge >= 0.3 is 0 Å². The molecule has 3 aromatic rings. The van der Waals surface area contributed by atoms with Gasteiger partial charge in [-0.05, 0) is 36.4 Å². The molecule has 0 radical (unpaired) electrons. The van der Waals surface area contributed by atoms with Crippen molar-refractivity contribution in [2.75, 3.05) is 0 Å². The molecule has 0 saturated heterocycles. The molecule has 0 fully saturated rings. The van der Waals surface area contributed by atoms with Gasteiger partial charge in [0.2, 0.25) is 0 Å². The molecule has 0 amide bonds. The predicted octanol–water partition coefficient (Wildman–Crippen LogP) is 6.56. The normalized spacial score (nSPS) is 10.6. The molecule has 21 heavy (non-hydrogen) atoms. The van der Waals surface area contributed by atoms with Crippen LogP contribution in [0, 0.1) is 0 Å². The van der Waals surface area contributed by atoms with Crippen LogP contribution in [0.4, 0.5) is 0 Å². The monoisotopic (exact) mass is 355 g/mol. The average Bonchev–Trinajstić information content (AvgIpc) is 2.89. The molecule has 0 unspecified atom stereocenters. The van der Waals surface area contributed by atoms with E-state index >= 15 is 0 Å². The molecule has 0 bridgehead atoms. The van der Waals surface area contributed by atoms with Crippen molar-refractivity contribution in [2.24, 2.45) is 0 Å². The zero-order chi connectivity index (χ0) is 14.8.